The number of hydrogen-bond acceptors (Lipinski definition) is 3. The molecule has 3 nitrogen and oxygen atoms in total. The summed E-state index contributed by atoms with van der Waals surface area (Å²) in [5.41, 5.74) is 2.10. The fourth-order valence-corrected chi connectivity index (χ4v) is 1.35. The van der Waals surface area contributed by atoms with Crippen LogP contribution in [0.15, 0.2) is 35.5 Å². The Hall–Kier alpha value is -1.35. The van der Waals surface area contributed by atoms with Gasteiger partial charge < -0.3 is 9.94 Å². The minimum atomic E-state index is -0.737. The summed E-state index contributed by atoms with van der Waals surface area (Å²) < 4.78 is 0. The molecule has 1 atom stereocenters. The Morgan fingerprint density at radius 2 is 2.15 bits per heavy atom. The summed E-state index contributed by atoms with van der Waals surface area (Å²) in [5.74, 6) is 0. The standard InChI is InChI=1S/C10H11NO2/c12-10-7-9(11-13-10)6-8-4-2-1-3-5-8/h1-5,10,12H,6-7H2. The maximum atomic E-state index is 9.04. The molecule has 13 heavy (non-hydrogen) atoms. The second kappa shape index (κ2) is 3.58. The normalized spacial score (nSPS) is 21.0. The molecule has 1 aromatic rings. The van der Waals surface area contributed by atoms with Crippen molar-refractivity contribution in [3.05, 3.63) is 35.9 Å². The molecule has 0 amide bonds. The number of oxime groups is 1. The molecule has 1 heterocycles. The van der Waals surface area contributed by atoms with E-state index in [9.17, 15) is 0 Å². The van der Waals surface area contributed by atoms with Crippen LogP contribution in [0.2, 0.25) is 0 Å². The average molecular weight is 177 g/mol. The van der Waals surface area contributed by atoms with E-state index < -0.39 is 6.29 Å². The molecule has 2 rings (SSSR count). The summed E-state index contributed by atoms with van der Waals surface area (Å²) in [7, 11) is 0. The fourth-order valence-electron chi connectivity index (χ4n) is 1.35. The molecule has 1 aliphatic rings. The van der Waals surface area contributed by atoms with Crippen LogP contribution < -0.4 is 0 Å². The molecule has 0 radical (unpaired) electrons. The monoisotopic (exact) mass is 177 g/mol. The van der Waals surface area contributed by atoms with Gasteiger partial charge in [0.1, 0.15) is 0 Å². The van der Waals surface area contributed by atoms with Crippen molar-refractivity contribution in [2.24, 2.45) is 5.16 Å². The van der Waals surface area contributed by atoms with E-state index in [4.69, 9.17) is 5.11 Å². The van der Waals surface area contributed by atoms with Crippen LogP contribution in [0.1, 0.15) is 12.0 Å². The summed E-state index contributed by atoms with van der Waals surface area (Å²) in [5, 5.41) is 12.8. The molecular formula is C10H11NO2. The molecule has 0 saturated carbocycles. The first-order chi connectivity index (χ1) is 6.34. The lowest BCUT2D eigenvalue weighted by Gasteiger charge is -1.98. The maximum absolute atomic E-state index is 9.04. The molecular weight excluding hydrogens is 166 g/mol. The van der Waals surface area contributed by atoms with Gasteiger partial charge >= 0.3 is 0 Å². The zero-order valence-corrected chi connectivity index (χ0v) is 7.18. The van der Waals surface area contributed by atoms with Crippen LogP contribution in [-0.2, 0) is 11.3 Å². The molecule has 1 aliphatic heterocycles. The lowest BCUT2D eigenvalue weighted by molar-refractivity contribution is -0.0762. The third-order valence-corrected chi connectivity index (χ3v) is 1.96. The molecule has 0 bridgehead atoms. The van der Waals surface area contributed by atoms with Gasteiger partial charge in [-0.25, -0.2) is 0 Å². The van der Waals surface area contributed by atoms with E-state index in [2.05, 4.69) is 9.99 Å². The highest BCUT2D eigenvalue weighted by atomic mass is 16.7. The van der Waals surface area contributed by atoms with Gasteiger partial charge in [-0.1, -0.05) is 35.5 Å². The summed E-state index contributed by atoms with van der Waals surface area (Å²) >= 11 is 0. The molecule has 0 fully saturated rings. The maximum Gasteiger partial charge on any atom is 0.229 e. The van der Waals surface area contributed by atoms with Crippen molar-refractivity contribution in [3.8, 4) is 0 Å². The van der Waals surface area contributed by atoms with E-state index in [0.29, 0.717) is 6.42 Å². The highest BCUT2D eigenvalue weighted by Gasteiger charge is 2.17. The van der Waals surface area contributed by atoms with E-state index in [1.807, 2.05) is 30.3 Å². The van der Waals surface area contributed by atoms with Crippen LogP contribution in [0.25, 0.3) is 0 Å². The van der Waals surface area contributed by atoms with Gasteiger partial charge in [0.2, 0.25) is 6.29 Å². The SMILES string of the molecule is OC1CC(Cc2ccccc2)=NO1. The smallest absolute Gasteiger partial charge is 0.229 e. The Morgan fingerprint density at radius 1 is 1.38 bits per heavy atom. The highest BCUT2D eigenvalue weighted by molar-refractivity contribution is 5.87. The third-order valence-electron chi connectivity index (χ3n) is 1.96. The van der Waals surface area contributed by atoms with Crippen molar-refractivity contribution in [3.63, 3.8) is 0 Å². The lowest BCUT2D eigenvalue weighted by Crippen LogP contribution is -2.07. The first-order valence-electron chi connectivity index (χ1n) is 4.28. The van der Waals surface area contributed by atoms with Crippen LogP contribution in [0.4, 0.5) is 0 Å². The number of rotatable bonds is 2. The number of nitrogens with zero attached hydrogens (tertiary/aromatic N) is 1. The average Bonchev–Trinajstić information content (AvgIpc) is 2.53. The Bertz CT molecular complexity index is 308. The van der Waals surface area contributed by atoms with Gasteiger partial charge in [-0.15, -0.1) is 0 Å². The molecule has 1 unspecified atom stereocenters. The number of benzene rings is 1. The van der Waals surface area contributed by atoms with E-state index in [1.54, 1.807) is 0 Å². The van der Waals surface area contributed by atoms with Crippen molar-refractivity contribution in [1.82, 2.24) is 0 Å². The molecule has 3 heteroatoms. The summed E-state index contributed by atoms with van der Waals surface area (Å²) in [4.78, 5) is 4.68. The Kier molecular flexibility index (Phi) is 2.27. The Morgan fingerprint density at radius 3 is 2.77 bits per heavy atom. The Labute approximate surface area is 76.6 Å². The predicted molar refractivity (Wildman–Crippen MR) is 49.3 cm³/mol. The molecule has 1 aromatic carbocycles. The van der Waals surface area contributed by atoms with Crippen LogP contribution in [-0.4, -0.2) is 17.1 Å². The lowest BCUT2D eigenvalue weighted by atomic mass is 10.1. The number of hydrogen-bond donors (Lipinski definition) is 1. The first-order valence-corrected chi connectivity index (χ1v) is 4.28. The molecule has 0 aliphatic carbocycles. The summed E-state index contributed by atoms with van der Waals surface area (Å²) in [6.07, 6.45) is 0.547. The number of aliphatic hydroxyl groups is 1. The van der Waals surface area contributed by atoms with Crippen LogP contribution in [0.5, 0.6) is 0 Å². The zero-order valence-electron chi connectivity index (χ0n) is 7.18. The van der Waals surface area contributed by atoms with Gasteiger partial charge in [-0.2, -0.15) is 0 Å². The van der Waals surface area contributed by atoms with Crippen molar-refractivity contribution in [2.75, 3.05) is 0 Å². The molecule has 0 saturated heterocycles. The van der Waals surface area contributed by atoms with Crippen LogP contribution >= 0.6 is 0 Å². The van der Waals surface area contributed by atoms with Crippen molar-refractivity contribution in [1.29, 1.82) is 0 Å². The van der Waals surface area contributed by atoms with E-state index in [0.717, 1.165) is 12.1 Å². The zero-order chi connectivity index (χ0) is 9.10. The second-order valence-corrected chi connectivity index (χ2v) is 3.08. The fraction of sp³-hybridized carbons (Fsp3) is 0.300. The minimum Gasteiger partial charge on any atom is -0.363 e. The van der Waals surface area contributed by atoms with Gasteiger partial charge in [0.25, 0.3) is 0 Å². The van der Waals surface area contributed by atoms with Gasteiger partial charge in [0.15, 0.2) is 0 Å². The highest BCUT2D eigenvalue weighted by Crippen LogP contribution is 2.11. The Balaban J connectivity index is 2.00. The minimum absolute atomic E-state index is 0.523. The van der Waals surface area contributed by atoms with Gasteiger partial charge in [-0.05, 0) is 5.56 Å². The van der Waals surface area contributed by atoms with Gasteiger partial charge in [0.05, 0.1) is 12.1 Å². The largest absolute Gasteiger partial charge is 0.363 e. The number of aliphatic hydroxyl groups excluding tert-OH is 1. The second-order valence-electron chi connectivity index (χ2n) is 3.08. The van der Waals surface area contributed by atoms with E-state index >= 15 is 0 Å². The van der Waals surface area contributed by atoms with Gasteiger partial charge in [-0.3, -0.25) is 0 Å². The molecule has 0 aromatic heterocycles. The first kappa shape index (κ1) is 8.26. The predicted octanol–water partition coefficient (Wildman–Crippen LogP) is 1.32. The van der Waals surface area contributed by atoms with Crippen molar-refractivity contribution < 1.29 is 9.94 Å². The van der Waals surface area contributed by atoms with E-state index in [1.165, 1.54) is 5.56 Å². The molecule has 68 valence electrons. The van der Waals surface area contributed by atoms with Crippen molar-refractivity contribution in [2.45, 2.75) is 19.1 Å². The topological polar surface area (TPSA) is 41.8 Å². The quantitative estimate of drug-likeness (QED) is 0.740. The van der Waals surface area contributed by atoms with Crippen molar-refractivity contribution >= 4 is 5.71 Å². The van der Waals surface area contributed by atoms with Crippen LogP contribution in [0.3, 0.4) is 0 Å². The molecule has 1 N–H and O–H groups in total. The van der Waals surface area contributed by atoms with Crippen LogP contribution in [0, 0.1) is 0 Å². The summed E-state index contributed by atoms with van der Waals surface area (Å²) in [6, 6.07) is 10.0. The summed E-state index contributed by atoms with van der Waals surface area (Å²) in [6.45, 7) is 0. The van der Waals surface area contributed by atoms with Gasteiger partial charge in [0, 0.05) is 6.42 Å². The molecule has 0 spiro atoms. The van der Waals surface area contributed by atoms with E-state index in [-0.39, 0.29) is 0 Å². The third kappa shape index (κ3) is 2.06.